The van der Waals surface area contributed by atoms with Crippen molar-refractivity contribution >= 4 is 0 Å². The lowest BCUT2D eigenvalue weighted by Crippen LogP contribution is -2.35. The standard InChI is InChI=1S/C17H30N2O/c1-13-7-6-8-19(11-13)12-15-9-16(20-14(15)2)10-18-17(3,4)5/h9,13,18H,6-8,10-12H2,1-5H3. The lowest BCUT2D eigenvalue weighted by Gasteiger charge is -2.30. The molecule has 1 aromatic heterocycles. The van der Waals surface area contributed by atoms with Crippen molar-refractivity contribution in [3.05, 3.63) is 23.2 Å². The number of hydrogen-bond acceptors (Lipinski definition) is 3. The average Bonchev–Trinajstić information content (AvgIpc) is 2.67. The van der Waals surface area contributed by atoms with Crippen molar-refractivity contribution in [2.75, 3.05) is 13.1 Å². The van der Waals surface area contributed by atoms with Crippen LogP contribution in [-0.4, -0.2) is 23.5 Å². The summed E-state index contributed by atoms with van der Waals surface area (Å²) in [6.45, 7) is 15.3. The van der Waals surface area contributed by atoms with Gasteiger partial charge >= 0.3 is 0 Å². The lowest BCUT2D eigenvalue weighted by molar-refractivity contribution is 0.176. The molecule has 1 saturated heterocycles. The van der Waals surface area contributed by atoms with Crippen molar-refractivity contribution < 1.29 is 4.42 Å². The fourth-order valence-electron chi connectivity index (χ4n) is 2.86. The molecule has 3 heteroatoms. The van der Waals surface area contributed by atoms with E-state index in [0.29, 0.717) is 0 Å². The summed E-state index contributed by atoms with van der Waals surface area (Å²) in [7, 11) is 0. The maximum absolute atomic E-state index is 5.89. The molecule has 2 rings (SSSR count). The van der Waals surface area contributed by atoms with Gasteiger partial charge in [-0.2, -0.15) is 0 Å². The maximum Gasteiger partial charge on any atom is 0.118 e. The summed E-state index contributed by atoms with van der Waals surface area (Å²) in [6, 6.07) is 2.23. The molecule has 1 aromatic rings. The van der Waals surface area contributed by atoms with Crippen molar-refractivity contribution in [2.45, 2.75) is 66.1 Å². The first-order valence-corrected chi connectivity index (χ1v) is 7.89. The molecular formula is C17H30N2O. The second-order valence-corrected chi connectivity index (χ2v) is 7.38. The van der Waals surface area contributed by atoms with Gasteiger partial charge in [0.15, 0.2) is 0 Å². The molecule has 1 aliphatic rings. The minimum Gasteiger partial charge on any atom is -0.465 e. The second kappa shape index (κ2) is 6.31. The van der Waals surface area contributed by atoms with Gasteiger partial charge in [-0.1, -0.05) is 6.92 Å². The Balaban J connectivity index is 1.93. The van der Waals surface area contributed by atoms with Gasteiger partial charge in [-0.25, -0.2) is 0 Å². The number of aryl methyl sites for hydroxylation is 1. The summed E-state index contributed by atoms with van der Waals surface area (Å²) in [5.41, 5.74) is 1.48. The molecule has 0 bridgehead atoms. The maximum atomic E-state index is 5.89. The predicted molar refractivity (Wildman–Crippen MR) is 83.7 cm³/mol. The first kappa shape index (κ1) is 15.6. The molecule has 1 atom stereocenters. The highest BCUT2D eigenvalue weighted by atomic mass is 16.3. The van der Waals surface area contributed by atoms with E-state index in [4.69, 9.17) is 4.42 Å². The van der Waals surface area contributed by atoms with E-state index in [2.05, 4.69) is 50.9 Å². The summed E-state index contributed by atoms with van der Waals surface area (Å²) in [6.07, 6.45) is 2.71. The SMILES string of the molecule is Cc1oc(CNC(C)(C)C)cc1CN1CCCC(C)C1. The summed E-state index contributed by atoms with van der Waals surface area (Å²) >= 11 is 0. The van der Waals surface area contributed by atoms with Crippen LogP contribution in [0, 0.1) is 12.8 Å². The Morgan fingerprint density at radius 1 is 1.40 bits per heavy atom. The molecule has 1 unspecified atom stereocenters. The number of rotatable bonds is 4. The molecule has 2 heterocycles. The predicted octanol–water partition coefficient (Wildman–Crippen LogP) is 3.71. The summed E-state index contributed by atoms with van der Waals surface area (Å²) in [4.78, 5) is 2.56. The van der Waals surface area contributed by atoms with E-state index in [1.165, 1.54) is 31.5 Å². The highest BCUT2D eigenvalue weighted by Crippen LogP contribution is 2.21. The fraction of sp³-hybridized carbons (Fsp3) is 0.765. The van der Waals surface area contributed by atoms with E-state index in [-0.39, 0.29) is 5.54 Å². The van der Waals surface area contributed by atoms with Gasteiger partial charge in [-0.3, -0.25) is 4.90 Å². The quantitative estimate of drug-likeness (QED) is 0.910. The molecular weight excluding hydrogens is 248 g/mol. The third-order valence-electron chi connectivity index (χ3n) is 4.00. The Hall–Kier alpha value is -0.800. The molecule has 0 aromatic carbocycles. The van der Waals surface area contributed by atoms with E-state index < -0.39 is 0 Å². The number of piperidine rings is 1. The highest BCUT2D eigenvalue weighted by molar-refractivity contribution is 5.21. The van der Waals surface area contributed by atoms with Crippen LogP contribution in [0.4, 0.5) is 0 Å². The number of likely N-dealkylation sites (tertiary alicyclic amines) is 1. The molecule has 0 aliphatic carbocycles. The van der Waals surface area contributed by atoms with Crippen LogP contribution in [0.25, 0.3) is 0 Å². The van der Waals surface area contributed by atoms with Gasteiger partial charge in [0.05, 0.1) is 6.54 Å². The van der Waals surface area contributed by atoms with Gasteiger partial charge in [0.25, 0.3) is 0 Å². The molecule has 3 nitrogen and oxygen atoms in total. The minimum absolute atomic E-state index is 0.128. The number of nitrogens with one attached hydrogen (secondary N) is 1. The zero-order valence-electron chi connectivity index (χ0n) is 13.8. The van der Waals surface area contributed by atoms with Crippen molar-refractivity contribution in [3.8, 4) is 0 Å². The molecule has 1 aliphatic heterocycles. The summed E-state index contributed by atoms with van der Waals surface area (Å²) < 4.78 is 5.89. The number of furan rings is 1. The topological polar surface area (TPSA) is 28.4 Å². The van der Waals surface area contributed by atoms with Crippen molar-refractivity contribution in [1.29, 1.82) is 0 Å². The Bertz CT molecular complexity index is 431. The number of hydrogen-bond donors (Lipinski definition) is 1. The third-order valence-corrected chi connectivity index (χ3v) is 4.00. The summed E-state index contributed by atoms with van der Waals surface area (Å²) in [5, 5.41) is 3.48. The first-order valence-electron chi connectivity index (χ1n) is 7.89. The molecule has 0 radical (unpaired) electrons. The molecule has 20 heavy (non-hydrogen) atoms. The fourth-order valence-corrected chi connectivity index (χ4v) is 2.86. The average molecular weight is 278 g/mol. The molecule has 0 amide bonds. The van der Waals surface area contributed by atoms with Crippen LogP contribution in [0.1, 0.15) is 57.6 Å². The normalized spacial score (nSPS) is 21.4. The van der Waals surface area contributed by atoms with Crippen LogP contribution in [0.5, 0.6) is 0 Å². The van der Waals surface area contributed by atoms with E-state index in [1.54, 1.807) is 0 Å². The van der Waals surface area contributed by atoms with Crippen molar-refractivity contribution in [2.24, 2.45) is 5.92 Å². The van der Waals surface area contributed by atoms with Gasteiger partial charge in [0, 0.05) is 24.2 Å². The minimum atomic E-state index is 0.128. The number of nitrogens with zero attached hydrogens (tertiary/aromatic N) is 1. The second-order valence-electron chi connectivity index (χ2n) is 7.38. The Labute approximate surface area is 123 Å². The van der Waals surface area contributed by atoms with Crippen LogP contribution in [0.2, 0.25) is 0 Å². The van der Waals surface area contributed by atoms with Gasteiger partial charge in [-0.15, -0.1) is 0 Å². The van der Waals surface area contributed by atoms with Crippen LogP contribution < -0.4 is 5.32 Å². The van der Waals surface area contributed by atoms with E-state index >= 15 is 0 Å². The smallest absolute Gasteiger partial charge is 0.118 e. The molecule has 0 saturated carbocycles. The molecule has 114 valence electrons. The van der Waals surface area contributed by atoms with E-state index in [1.807, 2.05) is 0 Å². The largest absolute Gasteiger partial charge is 0.465 e. The Morgan fingerprint density at radius 2 is 2.15 bits per heavy atom. The monoisotopic (exact) mass is 278 g/mol. The summed E-state index contributed by atoms with van der Waals surface area (Å²) in [5.74, 6) is 2.96. The molecule has 1 N–H and O–H groups in total. The Kier molecular flexibility index (Phi) is 4.92. The zero-order valence-corrected chi connectivity index (χ0v) is 13.8. The third kappa shape index (κ3) is 4.64. The van der Waals surface area contributed by atoms with Gasteiger partial charge in [-0.05, 0) is 59.1 Å². The van der Waals surface area contributed by atoms with Crippen molar-refractivity contribution in [3.63, 3.8) is 0 Å². The zero-order chi connectivity index (χ0) is 14.8. The van der Waals surface area contributed by atoms with Gasteiger partial charge in [0.1, 0.15) is 11.5 Å². The molecule has 1 fully saturated rings. The van der Waals surface area contributed by atoms with Crippen LogP contribution in [0.15, 0.2) is 10.5 Å². The van der Waals surface area contributed by atoms with Gasteiger partial charge in [0.2, 0.25) is 0 Å². The first-order chi connectivity index (χ1) is 9.33. The van der Waals surface area contributed by atoms with E-state index in [9.17, 15) is 0 Å². The van der Waals surface area contributed by atoms with Crippen LogP contribution in [0.3, 0.4) is 0 Å². The van der Waals surface area contributed by atoms with Gasteiger partial charge < -0.3 is 9.73 Å². The lowest BCUT2D eigenvalue weighted by atomic mass is 10.00. The highest BCUT2D eigenvalue weighted by Gasteiger charge is 2.19. The Morgan fingerprint density at radius 3 is 2.80 bits per heavy atom. The van der Waals surface area contributed by atoms with Crippen LogP contribution >= 0.6 is 0 Å². The van der Waals surface area contributed by atoms with Crippen LogP contribution in [-0.2, 0) is 13.1 Å². The van der Waals surface area contributed by atoms with E-state index in [0.717, 1.165) is 30.5 Å². The molecule has 0 spiro atoms. The van der Waals surface area contributed by atoms with Crippen molar-refractivity contribution in [1.82, 2.24) is 10.2 Å².